The molecule has 28 heavy (non-hydrogen) atoms. The van der Waals surface area contributed by atoms with Crippen LogP contribution >= 0.6 is 0 Å². The molecule has 1 saturated heterocycles. The van der Waals surface area contributed by atoms with Gasteiger partial charge in [0.1, 0.15) is 5.82 Å². The number of fused-ring (bicyclic) bond motifs is 2. The van der Waals surface area contributed by atoms with Crippen molar-refractivity contribution in [3.63, 3.8) is 0 Å². The number of nitrogens with zero attached hydrogens (tertiary/aromatic N) is 4. The number of hydrogen-bond donors (Lipinski definition) is 2. The highest BCUT2D eigenvalue weighted by Crippen LogP contribution is 2.44. The van der Waals surface area contributed by atoms with E-state index in [9.17, 15) is 9.59 Å². The van der Waals surface area contributed by atoms with Crippen molar-refractivity contribution in [2.24, 2.45) is 0 Å². The van der Waals surface area contributed by atoms with Gasteiger partial charge in [0.15, 0.2) is 0 Å². The first kappa shape index (κ1) is 16.9. The minimum atomic E-state index is -0.131. The molecule has 3 aromatic rings. The Kier molecular flexibility index (Phi) is 3.85. The van der Waals surface area contributed by atoms with Crippen LogP contribution in [0.2, 0.25) is 0 Å². The number of hydrogen-bond acceptors (Lipinski definition) is 5. The van der Waals surface area contributed by atoms with Gasteiger partial charge in [-0.2, -0.15) is 5.10 Å². The van der Waals surface area contributed by atoms with E-state index in [1.807, 2.05) is 17.0 Å². The minimum Gasteiger partial charge on any atom is -0.338 e. The van der Waals surface area contributed by atoms with Gasteiger partial charge in [0.05, 0.1) is 17.5 Å². The molecule has 0 atom stereocenters. The molecule has 3 aromatic heterocycles. The summed E-state index contributed by atoms with van der Waals surface area (Å²) in [6, 6.07) is 3.73. The second-order valence-electron chi connectivity index (χ2n) is 7.54. The first-order valence-electron chi connectivity index (χ1n) is 9.48. The number of amides is 1. The summed E-state index contributed by atoms with van der Waals surface area (Å²) in [5.74, 6) is 0.562. The molecule has 2 aliphatic rings. The molecule has 0 bridgehead atoms. The maximum absolute atomic E-state index is 12.7. The van der Waals surface area contributed by atoms with Crippen molar-refractivity contribution in [2.45, 2.75) is 31.1 Å². The molecule has 142 valence electrons. The van der Waals surface area contributed by atoms with Crippen LogP contribution in [-0.4, -0.2) is 49.0 Å². The Labute approximate surface area is 161 Å². The number of likely N-dealkylation sites (tertiary alicyclic amines) is 1. The van der Waals surface area contributed by atoms with Crippen molar-refractivity contribution in [2.75, 3.05) is 13.1 Å². The van der Waals surface area contributed by atoms with Gasteiger partial charge in [0.25, 0.3) is 11.5 Å². The van der Waals surface area contributed by atoms with E-state index in [-0.39, 0.29) is 16.9 Å². The zero-order valence-electron chi connectivity index (χ0n) is 15.3. The third-order valence-electron chi connectivity index (χ3n) is 6.06. The predicted octanol–water partition coefficient (Wildman–Crippen LogP) is 1.68. The molecule has 1 amide bonds. The molecule has 2 N–H and O–H groups in total. The van der Waals surface area contributed by atoms with Crippen molar-refractivity contribution in [1.82, 2.24) is 30.0 Å². The second-order valence-corrected chi connectivity index (χ2v) is 7.54. The van der Waals surface area contributed by atoms with Crippen LogP contribution in [0.4, 0.5) is 0 Å². The van der Waals surface area contributed by atoms with E-state index in [1.165, 1.54) is 0 Å². The van der Waals surface area contributed by atoms with Crippen LogP contribution in [0.15, 0.2) is 41.7 Å². The summed E-state index contributed by atoms with van der Waals surface area (Å²) in [5.41, 5.74) is 2.90. The number of carbonyl (C=O) groups excluding carboxylic acids is 1. The van der Waals surface area contributed by atoms with Gasteiger partial charge >= 0.3 is 0 Å². The van der Waals surface area contributed by atoms with Gasteiger partial charge in [-0.15, -0.1) is 0 Å². The predicted molar refractivity (Wildman–Crippen MR) is 102 cm³/mol. The van der Waals surface area contributed by atoms with Crippen molar-refractivity contribution in [1.29, 1.82) is 0 Å². The van der Waals surface area contributed by atoms with Crippen molar-refractivity contribution < 1.29 is 4.79 Å². The van der Waals surface area contributed by atoms with Gasteiger partial charge in [-0.3, -0.25) is 19.7 Å². The smallest absolute Gasteiger partial charge is 0.257 e. The van der Waals surface area contributed by atoms with Crippen LogP contribution in [0.3, 0.4) is 0 Å². The Morgan fingerprint density at radius 1 is 1.18 bits per heavy atom. The molecule has 0 aromatic carbocycles. The monoisotopic (exact) mass is 376 g/mol. The van der Waals surface area contributed by atoms with Gasteiger partial charge in [-0.25, -0.2) is 4.98 Å². The molecule has 1 aliphatic carbocycles. The Morgan fingerprint density at radius 3 is 2.75 bits per heavy atom. The van der Waals surface area contributed by atoms with Crippen molar-refractivity contribution in [3.8, 4) is 11.4 Å². The summed E-state index contributed by atoms with van der Waals surface area (Å²) in [4.78, 5) is 39.0. The molecule has 4 heterocycles. The number of nitrogens with one attached hydrogen (secondary N) is 2. The summed E-state index contributed by atoms with van der Waals surface area (Å²) in [6.07, 6.45) is 9.85. The summed E-state index contributed by atoms with van der Waals surface area (Å²) >= 11 is 0. The molecule has 1 fully saturated rings. The molecule has 0 unspecified atom stereocenters. The first-order chi connectivity index (χ1) is 13.7. The van der Waals surface area contributed by atoms with Gasteiger partial charge in [0, 0.05) is 48.2 Å². The molecule has 8 heteroatoms. The highest BCUT2D eigenvalue weighted by atomic mass is 16.2. The van der Waals surface area contributed by atoms with E-state index in [4.69, 9.17) is 4.98 Å². The lowest BCUT2D eigenvalue weighted by molar-refractivity contribution is 0.0663. The van der Waals surface area contributed by atoms with Crippen LogP contribution in [0.5, 0.6) is 0 Å². The van der Waals surface area contributed by atoms with Crippen LogP contribution in [0, 0.1) is 0 Å². The quantitative estimate of drug-likeness (QED) is 0.707. The molecule has 1 spiro atoms. The minimum absolute atomic E-state index is 0.00302. The number of rotatable bonds is 2. The largest absolute Gasteiger partial charge is 0.338 e. The molecule has 5 rings (SSSR count). The third kappa shape index (κ3) is 2.64. The Balaban J connectivity index is 1.44. The second kappa shape index (κ2) is 6.40. The third-order valence-corrected chi connectivity index (χ3v) is 6.06. The summed E-state index contributed by atoms with van der Waals surface area (Å²) in [7, 11) is 0. The normalized spacial score (nSPS) is 17.6. The van der Waals surface area contributed by atoms with E-state index >= 15 is 0 Å². The average Bonchev–Trinajstić information content (AvgIpc) is 3.38. The van der Waals surface area contributed by atoms with Gasteiger partial charge in [0.2, 0.25) is 0 Å². The number of piperidine rings is 1. The van der Waals surface area contributed by atoms with Crippen molar-refractivity contribution >= 4 is 5.91 Å². The highest BCUT2D eigenvalue weighted by molar-refractivity contribution is 5.93. The van der Waals surface area contributed by atoms with E-state index < -0.39 is 0 Å². The number of carbonyl (C=O) groups is 1. The number of aromatic amines is 2. The lowest BCUT2D eigenvalue weighted by Crippen LogP contribution is -2.44. The average molecular weight is 376 g/mol. The molecule has 0 saturated carbocycles. The zero-order valence-corrected chi connectivity index (χ0v) is 15.3. The highest BCUT2D eigenvalue weighted by Gasteiger charge is 2.44. The SMILES string of the molecule is O=C(c1cn[nH]c1)N1CCC2(CCc3c2nc(-c2cccnc2)[nH]c3=O)CC1. The number of pyridine rings is 1. The lowest BCUT2D eigenvalue weighted by atomic mass is 9.76. The first-order valence-corrected chi connectivity index (χ1v) is 9.48. The molecule has 8 nitrogen and oxygen atoms in total. The Bertz CT molecular complexity index is 1070. The van der Waals surface area contributed by atoms with Gasteiger partial charge in [-0.1, -0.05) is 0 Å². The Hall–Kier alpha value is -3.29. The lowest BCUT2D eigenvalue weighted by Gasteiger charge is -2.39. The number of aromatic nitrogens is 5. The Morgan fingerprint density at radius 2 is 2.04 bits per heavy atom. The van der Waals surface area contributed by atoms with Crippen LogP contribution in [0.1, 0.15) is 40.9 Å². The van der Waals surface area contributed by atoms with Gasteiger partial charge in [-0.05, 0) is 37.8 Å². The zero-order chi connectivity index (χ0) is 19.1. The van der Waals surface area contributed by atoms with E-state index in [0.29, 0.717) is 24.5 Å². The van der Waals surface area contributed by atoms with Crippen LogP contribution in [0.25, 0.3) is 11.4 Å². The van der Waals surface area contributed by atoms with E-state index in [1.54, 1.807) is 24.8 Å². The van der Waals surface area contributed by atoms with Crippen LogP contribution in [-0.2, 0) is 11.8 Å². The fourth-order valence-corrected chi connectivity index (χ4v) is 4.47. The van der Waals surface area contributed by atoms with Crippen molar-refractivity contribution in [3.05, 3.63) is 64.1 Å². The van der Waals surface area contributed by atoms with Crippen LogP contribution < -0.4 is 5.56 Å². The molecule has 1 aliphatic heterocycles. The fourth-order valence-electron chi connectivity index (χ4n) is 4.47. The summed E-state index contributed by atoms with van der Waals surface area (Å²) in [5, 5.41) is 6.55. The topological polar surface area (TPSA) is 108 Å². The standard InChI is InChI=1S/C20H20N6O2/c27-18-15-3-4-20(16(15)24-17(25-18)13-2-1-7-21-10-13)5-8-26(9-6-20)19(28)14-11-22-23-12-14/h1-2,7,10-12H,3-6,8-9H2,(H,22,23)(H,24,25,27). The molecule has 0 radical (unpaired) electrons. The molecular formula is C20H20N6O2. The van der Waals surface area contributed by atoms with E-state index in [0.717, 1.165) is 42.5 Å². The summed E-state index contributed by atoms with van der Waals surface area (Å²) < 4.78 is 0. The maximum atomic E-state index is 12.7. The fraction of sp³-hybridized carbons (Fsp3) is 0.350. The summed E-state index contributed by atoms with van der Waals surface area (Å²) in [6.45, 7) is 1.31. The molecular weight excluding hydrogens is 356 g/mol. The van der Waals surface area contributed by atoms with E-state index in [2.05, 4.69) is 20.2 Å². The maximum Gasteiger partial charge on any atom is 0.257 e. The number of H-pyrrole nitrogens is 2. The van der Waals surface area contributed by atoms with Gasteiger partial charge < -0.3 is 9.88 Å².